The SMILES string of the molecule is CCCCCCCCOC(=O)[C@H](Cc1c[nH]c2ccccc12)NC(=O)[C@H]1CC[C@H](C(=O)N[C@@H](Cc2c[nH]c3ccccc23)C(=O)OCCCCCCCC)N1c1ccncc1. The zero-order valence-corrected chi connectivity index (χ0v) is 36.0. The van der Waals surface area contributed by atoms with Gasteiger partial charge in [-0.3, -0.25) is 14.6 Å². The molecule has 12 nitrogen and oxygen atoms in total. The van der Waals surface area contributed by atoms with Gasteiger partial charge in [0.05, 0.1) is 13.2 Å². The maximum atomic E-state index is 14.5. The zero-order valence-electron chi connectivity index (χ0n) is 36.0. The molecule has 4 heterocycles. The Balaban J connectivity index is 1.18. The second kappa shape index (κ2) is 23.4. The molecular formula is C49H64N6O6. The number of pyridine rings is 1. The van der Waals surface area contributed by atoms with Gasteiger partial charge in [-0.05, 0) is 61.1 Å². The fourth-order valence-electron chi connectivity index (χ4n) is 8.48. The number of ether oxygens (including phenoxy) is 2. The first-order chi connectivity index (χ1) is 29.9. The third kappa shape index (κ3) is 12.5. The number of anilines is 1. The highest BCUT2D eigenvalue weighted by Gasteiger charge is 2.43. The number of nitrogens with one attached hydrogen (secondary N) is 4. The first kappa shape index (κ1) is 44.9. The predicted octanol–water partition coefficient (Wildman–Crippen LogP) is 8.64. The minimum atomic E-state index is -0.957. The molecule has 5 aromatic rings. The fraction of sp³-hybridized carbons (Fsp3) is 0.490. The van der Waals surface area contributed by atoms with Gasteiger partial charge in [0.2, 0.25) is 11.8 Å². The number of aromatic amines is 2. The van der Waals surface area contributed by atoms with Gasteiger partial charge < -0.3 is 35.0 Å². The Bertz CT molecular complexity index is 2020. The number of fused-ring (bicyclic) bond motifs is 2. The number of aromatic nitrogens is 3. The van der Waals surface area contributed by atoms with Crippen LogP contribution in [0.25, 0.3) is 21.8 Å². The second-order valence-electron chi connectivity index (χ2n) is 16.3. The summed E-state index contributed by atoms with van der Waals surface area (Å²) in [5, 5.41) is 8.03. The number of carbonyl (C=O) groups excluding carboxylic acids is 4. The van der Waals surface area contributed by atoms with Crippen LogP contribution in [0.4, 0.5) is 5.69 Å². The van der Waals surface area contributed by atoms with E-state index in [9.17, 15) is 19.2 Å². The summed E-state index contributed by atoms with van der Waals surface area (Å²) in [5.74, 6) is -1.76. The van der Waals surface area contributed by atoms with Gasteiger partial charge in [-0.1, -0.05) is 114 Å². The number of nitrogens with zero attached hydrogens (tertiary/aromatic N) is 2. The quantitative estimate of drug-likeness (QED) is 0.0336. The van der Waals surface area contributed by atoms with Crippen LogP contribution < -0.4 is 15.5 Å². The van der Waals surface area contributed by atoms with Gasteiger partial charge in [0.15, 0.2) is 0 Å². The van der Waals surface area contributed by atoms with E-state index in [1.54, 1.807) is 29.4 Å². The molecule has 61 heavy (non-hydrogen) atoms. The van der Waals surface area contributed by atoms with Crippen molar-refractivity contribution in [1.29, 1.82) is 0 Å². The summed E-state index contributed by atoms with van der Waals surface area (Å²) < 4.78 is 11.6. The van der Waals surface area contributed by atoms with Gasteiger partial charge in [0.25, 0.3) is 0 Å². The molecule has 0 bridgehead atoms. The van der Waals surface area contributed by atoms with Crippen molar-refractivity contribution < 1.29 is 28.7 Å². The smallest absolute Gasteiger partial charge is 0.328 e. The molecule has 2 aromatic carbocycles. The summed E-state index contributed by atoms with van der Waals surface area (Å²) in [6, 6.07) is 15.7. The number of H-pyrrole nitrogens is 2. The Morgan fingerprint density at radius 1 is 0.623 bits per heavy atom. The van der Waals surface area contributed by atoms with Crippen LogP contribution in [0.15, 0.2) is 85.5 Å². The highest BCUT2D eigenvalue weighted by Crippen LogP contribution is 2.32. The summed E-state index contributed by atoms with van der Waals surface area (Å²) in [6.07, 6.45) is 20.8. The molecule has 1 saturated heterocycles. The van der Waals surface area contributed by atoms with Crippen molar-refractivity contribution in [3.8, 4) is 0 Å². The molecule has 0 unspecified atom stereocenters. The molecule has 6 rings (SSSR count). The largest absolute Gasteiger partial charge is 0.464 e. The maximum Gasteiger partial charge on any atom is 0.328 e. The normalized spacial score (nSPS) is 16.1. The number of rotatable bonds is 25. The maximum absolute atomic E-state index is 14.5. The molecule has 3 aromatic heterocycles. The average Bonchev–Trinajstić information content (AvgIpc) is 4.03. The van der Waals surface area contributed by atoms with E-state index in [2.05, 4.69) is 39.4 Å². The van der Waals surface area contributed by atoms with Crippen molar-refractivity contribution in [3.63, 3.8) is 0 Å². The number of amides is 2. The average molecular weight is 833 g/mol. The molecule has 1 fully saturated rings. The molecule has 2 amide bonds. The molecule has 0 radical (unpaired) electrons. The van der Waals surface area contributed by atoms with Gasteiger partial charge in [-0.25, -0.2) is 9.59 Å². The van der Waals surface area contributed by atoms with E-state index in [4.69, 9.17) is 9.47 Å². The Morgan fingerprint density at radius 3 is 1.51 bits per heavy atom. The predicted molar refractivity (Wildman–Crippen MR) is 240 cm³/mol. The number of carbonyl (C=O) groups is 4. The Hall–Kier alpha value is -5.65. The van der Waals surface area contributed by atoms with Crippen LogP contribution in [-0.4, -0.2) is 76.1 Å². The van der Waals surface area contributed by atoms with E-state index < -0.39 is 36.1 Å². The highest BCUT2D eigenvalue weighted by atomic mass is 16.5. The zero-order chi connectivity index (χ0) is 42.8. The molecule has 4 N–H and O–H groups in total. The first-order valence-electron chi connectivity index (χ1n) is 22.6. The lowest BCUT2D eigenvalue weighted by atomic mass is 10.0. The van der Waals surface area contributed by atoms with Crippen LogP contribution in [0.3, 0.4) is 0 Å². The summed E-state index contributed by atoms with van der Waals surface area (Å²) >= 11 is 0. The number of unbranched alkanes of at least 4 members (excludes halogenated alkanes) is 10. The summed E-state index contributed by atoms with van der Waals surface area (Å²) in [4.78, 5) is 69.1. The number of benzene rings is 2. The minimum Gasteiger partial charge on any atom is -0.464 e. The summed E-state index contributed by atoms with van der Waals surface area (Å²) in [6.45, 7) is 4.92. The van der Waals surface area contributed by atoms with Gasteiger partial charge in [0, 0.05) is 65.1 Å². The summed E-state index contributed by atoms with van der Waals surface area (Å²) in [7, 11) is 0. The van der Waals surface area contributed by atoms with Gasteiger partial charge >= 0.3 is 11.9 Å². The molecular weight excluding hydrogens is 769 g/mol. The van der Waals surface area contributed by atoms with Crippen molar-refractivity contribution in [2.24, 2.45) is 0 Å². The number of hydrogen-bond acceptors (Lipinski definition) is 8. The molecule has 0 spiro atoms. The lowest BCUT2D eigenvalue weighted by Gasteiger charge is -2.32. The third-order valence-electron chi connectivity index (χ3n) is 11.8. The van der Waals surface area contributed by atoms with E-state index in [0.717, 1.165) is 97.1 Å². The molecule has 0 saturated carbocycles. The Kier molecular flexibility index (Phi) is 17.2. The van der Waals surface area contributed by atoms with E-state index in [1.165, 1.54) is 12.8 Å². The number of esters is 2. The topological polar surface area (TPSA) is 159 Å². The van der Waals surface area contributed by atoms with Gasteiger partial charge in [-0.2, -0.15) is 0 Å². The molecule has 326 valence electrons. The van der Waals surface area contributed by atoms with Crippen molar-refractivity contribution in [2.45, 2.75) is 141 Å². The lowest BCUT2D eigenvalue weighted by molar-refractivity contribution is -0.148. The lowest BCUT2D eigenvalue weighted by Crippen LogP contribution is -2.56. The van der Waals surface area contributed by atoms with Crippen LogP contribution in [0, 0.1) is 0 Å². The minimum absolute atomic E-state index is 0.230. The van der Waals surface area contributed by atoms with Crippen LogP contribution in [0.1, 0.15) is 115 Å². The summed E-state index contributed by atoms with van der Waals surface area (Å²) in [5.41, 5.74) is 4.27. The standard InChI is InChI=1S/C49H64N6O6/c1-3-5-7-9-11-17-29-60-48(58)42(31-35-33-51-40-21-15-13-19-38(35)40)53-46(56)44-23-24-45(55(44)37-25-27-50-28-26-37)47(57)54-43(49(59)61-30-18-12-10-8-6-4-2)32-36-34-52-41-22-16-14-20-39(36)41/h13-16,19-22,25-28,33-34,42-45,51-52H,3-12,17-18,23-24,29-32H2,1-2H3,(H,53,56)(H,54,57)/t42-,43-,44+,45+/m0/s1. The van der Waals surface area contributed by atoms with Crippen LogP contribution in [-0.2, 0) is 41.5 Å². The number of hydrogen-bond donors (Lipinski definition) is 4. The van der Waals surface area contributed by atoms with Crippen LogP contribution in [0.5, 0.6) is 0 Å². The van der Waals surface area contributed by atoms with Crippen molar-refractivity contribution in [1.82, 2.24) is 25.6 Å². The van der Waals surface area contributed by atoms with Crippen molar-refractivity contribution in [3.05, 3.63) is 96.6 Å². The van der Waals surface area contributed by atoms with Crippen molar-refractivity contribution in [2.75, 3.05) is 18.1 Å². The molecule has 12 heteroatoms. The van der Waals surface area contributed by atoms with E-state index in [1.807, 2.05) is 60.9 Å². The van der Waals surface area contributed by atoms with Gasteiger partial charge in [0.1, 0.15) is 24.2 Å². The Labute approximate surface area is 359 Å². The molecule has 0 aliphatic carbocycles. The van der Waals surface area contributed by atoms with E-state index in [-0.39, 0.29) is 37.9 Å². The van der Waals surface area contributed by atoms with E-state index in [0.29, 0.717) is 18.5 Å². The second-order valence-corrected chi connectivity index (χ2v) is 16.3. The molecule has 4 atom stereocenters. The fourth-order valence-corrected chi connectivity index (χ4v) is 8.48. The molecule has 1 aliphatic heterocycles. The van der Waals surface area contributed by atoms with Crippen molar-refractivity contribution >= 4 is 51.2 Å². The third-order valence-corrected chi connectivity index (χ3v) is 11.8. The highest BCUT2D eigenvalue weighted by molar-refractivity contribution is 5.96. The number of para-hydroxylation sites is 2. The molecule has 1 aliphatic rings. The van der Waals surface area contributed by atoms with Crippen LogP contribution >= 0.6 is 0 Å². The van der Waals surface area contributed by atoms with Crippen LogP contribution in [0.2, 0.25) is 0 Å². The first-order valence-corrected chi connectivity index (χ1v) is 22.6. The van der Waals surface area contributed by atoms with Gasteiger partial charge in [-0.15, -0.1) is 0 Å². The Morgan fingerprint density at radius 2 is 1.05 bits per heavy atom. The van der Waals surface area contributed by atoms with E-state index >= 15 is 0 Å². The monoisotopic (exact) mass is 832 g/mol.